The third kappa shape index (κ3) is 4.16. The number of nitrogens with two attached hydrogens (primary N) is 1. The van der Waals surface area contributed by atoms with Gasteiger partial charge in [0.15, 0.2) is 0 Å². The summed E-state index contributed by atoms with van der Waals surface area (Å²) in [6, 6.07) is 13.7. The van der Waals surface area contributed by atoms with E-state index in [1.165, 1.54) is 0 Å². The lowest BCUT2D eigenvalue weighted by Gasteiger charge is -2.25. The standard InChI is InChI=1S/C20H23N5O2/c21-12-14-1-3-15(4-2-14)20-23-17-6-5-16(11-18(17)24-20)22-19(26)13-25-7-9-27-10-8-25/h1-6,11H,7-10,12-13,21H2,(H,22,26)(H,23,24). The topological polar surface area (TPSA) is 96.3 Å². The Bertz CT molecular complexity index is 929. The number of H-pyrrole nitrogens is 1. The van der Waals surface area contributed by atoms with Gasteiger partial charge >= 0.3 is 0 Å². The molecular formula is C20H23N5O2. The molecule has 0 radical (unpaired) electrons. The molecule has 0 saturated carbocycles. The Kier molecular flexibility index (Phi) is 5.15. The molecule has 7 heteroatoms. The molecule has 0 bridgehead atoms. The molecule has 7 nitrogen and oxygen atoms in total. The highest BCUT2D eigenvalue weighted by Gasteiger charge is 2.14. The van der Waals surface area contributed by atoms with E-state index in [1.54, 1.807) is 0 Å². The van der Waals surface area contributed by atoms with Gasteiger partial charge in [0.25, 0.3) is 0 Å². The van der Waals surface area contributed by atoms with Crippen LogP contribution in [-0.2, 0) is 16.1 Å². The molecule has 2 heterocycles. The summed E-state index contributed by atoms with van der Waals surface area (Å²) in [6.45, 7) is 3.85. The molecule has 2 aromatic carbocycles. The molecule has 4 rings (SSSR count). The van der Waals surface area contributed by atoms with Gasteiger partial charge < -0.3 is 20.8 Å². The van der Waals surface area contributed by atoms with E-state index in [0.29, 0.717) is 26.3 Å². The van der Waals surface area contributed by atoms with Crippen molar-refractivity contribution < 1.29 is 9.53 Å². The zero-order chi connectivity index (χ0) is 18.6. The van der Waals surface area contributed by atoms with Crippen molar-refractivity contribution >= 4 is 22.6 Å². The number of rotatable bonds is 5. The van der Waals surface area contributed by atoms with Gasteiger partial charge in [-0.15, -0.1) is 0 Å². The number of anilines is 1. The Labute approximate surface area is 157 Å². The number of morpholine rings is 1. The lowest BCUT2D eigenvalue weighted by Crippen LogP contribution is -2.41. The van der Waals surface area contributed by atoms with E-state index >= 15 is 0 Å². The summed E-state index contributed by atoms with van der Waals surface area (Å²) in [5.74, 6) is 0.777. The first kappa shape index (κ1) is 17.7. The van der Waals surface area contributed by atoms with Gasteiger partial charge in [0.2, 0.25) is 5.91 Å². The van der Waals surface area contributed by atoms with Gasteiger partial charge in [0.05, 0.1) is 30.8 Å². The van der Waals surface area contributed by atoms with Crippen LogP contribution < -0.4 is 11.1 Å². The maximum absolute atomic E-state index is 12.3. The van der Waals surface area contributed by atoms with E-state index in [2.05, 4.69) is 20.2 Å². The molecule has 0 aliphatic carbocycles. The molecule has 0 unspecified atom stereocenters. The molecule has 1 aliphatic heterocycles. The number of nitrogens with one attached hydrogen (secondary N) is 2. The fourth-order valence-electron chi connectivity index (χ4n) is 3.19. The third-order valence-electron chi connectivity index (χ3n) is 4.70. The average Bonchev–Trinajstić information content (AvgIpc) is 3.12. The summed E-state index contributed by atoms with van der Waals surface area (Å²) in [5, 5.41) is 2.96. The van der Waals surface area contributed by atoms with Gasteiger partial charge in [-0.1, -0.05) is 24.3 Å². The van der Waals surface area contributed by atoms with Gasteiger partial charge in [-0.25, -0.2) is 4.98 Å². The van der Waals surface area contributed by atoms with Gasteiger partial charge in [-0.2, -0.15) is 0 Å². The Balaban J connectivity index is 1.47. The van der Waals surface area contributed by atoms with Crippen molar-refractivity contribution in [3.63, 3.8) is 0 Å². The van der Waals surface area contributed by atoms with Crippen LogP contribution in [0.4, 0.5) is 5.69 Å². The second-order valence-corrected chi connectivity index (χ2v) is 6.66. The summed E-state index contributed by atoms with van der Waals surface area (Å²) in [5.41, 5.74) is 10.2. The molecule has 3 aromatic rings. The minimum absolute atomic E-state index is 0.0200. The monoisotopic (exact) mass is 365 g/mol. The van der Waals surface area contributed by atoms with Crippen molar-refractivity contribution in [1.82, 2.24) is 14.9 Å². The smallest absolute Gasteiger partial charge is 0.238 e. The van der Waals surface area contributed by atoms with E-state index in [0.717, 1.165) is 46.8 Å². The lowest BCUT2D eigenvalue weighted by atomic mass is 10.1. The minimum Gasteiger partial charge on any atom is -0.379 e. The molecule has 1 amide bonds. The molecule has 1 fully saturated rings. The normalized spacial score (nSPS) is 15.1. The number of nitrogens with zero attached hydrogens (tertiary/aromatic N) is 2. The maximum Gasteiger partial charge on any atom is 0.238 e. The second kappa shape index (κ2) is 7.87. The fraction of sp³-hybridized carbons (Fsp3) is 0.300. The first-order chi connectivity index (χ1) is 13.2. The Hall–Kier alpha value is -2.74. The molecule has 4 N–H and O–H groups in total. The van der Waals surface area contributed by atoms with Gasteiger partial charge in [-0.3, -0.25) is 9.69 Å². The van der Waals surface area contributed by atoms with Crippen molar-refractivity contribution in [2.75, 3.05) is 38.2 Å². The van der Waals surface area contributed by atoms with Crippen molar-refractivity contribution in [2.24, 2.45) is 5.73 Å². The van der Waals surface area contributed by atoms with Crippen molar-refractivity contribution in [3.05, 3.63) is 48.0 Å². The molecule has 27 heavy (non-hydrogen) atoms. The van der Waals surface area contributed by atoms with Crippen molar-refractivity contribution in [2.45, 2.75) is 6.54 Å². The number of carbonyl (C=O) groups excluding carboxylic acids is 1. The summed E-state index contributed by atoms with van der Waals surface area (Å²) >= 11 is 0. The van der Waals surface area contributed by atoms with Crippen LogP contribution in [0.2, 0.25) is 0 Å². The molecule has 1 aromatic heterocycles. The highest BCUT2D eigenvalue weighted by atomic mass is 16.5. The van der Waals surface area contributed by atoms with E-state index in [4.69, 9.17) is 10.5 Å². The number of ether oxygens (including phenoxy) is 1. The third-order valence-corrected chi connectivity index (χ3v) is 4.70. The predicted molar refractivity (Wildman–Crippen MR) is 105 cm³/mol. The van der Waals surface area contributed by atoms with E-state index in [1.807, 2.05) is 42.5 Å². The Morgan fingerprint density at radius 3 is 2.70 bits per heavy atom. The maximum atomic E-state index is 12.3. The number of aromatic nitrogens is 2. The summed E-state index contributed by atoms with van der Waals surface area (Å²) < 4.78 is 5.31. The van der Waals surface area contributed by atoms with Crippen LogP contribution >= 0.6 is 0 Å². The SMILES string of the molecule is NCc1ccc(-c2nc3ccc(NC(=O)CN4CCOCC4)cc3[nH]2)cc1. The second-order valence-electron chi connectivity index (χ2n) is 6.66. The van der Waals surface area contributed by atoms with Crippen molar-refractivity contribution in [3.8, 4) is 11.4 Å². The van der Waals surface area contributed by atoms with E-state index in [-0.39, 0.29) is 5.91 Å². The number of aromatic amines is 1. The number of carbonyl (C=O) groups is 1. The van der Waals surface area contributed by atoms with Crippen LogP contribution in [-0.4, -0.2) is 53.6 Å². The van der Waals surface area contributed by atoms with Crippen LogP contribution in [0.3, 0.4) is 0 Å². The minimum atomic E-state index is -0.0200. The zero-order valence-electron chi connectivity index (χ0n) is 15.1. The molecule has 1 saturated heterocycles. The van der Waals surface area contributed by atoms with Crippen molar-refractivity contribution in [1.29, 1.82) is 0 Å². The van der Waals surface area contributed by atoms with Crippen LogP contribution in [0, 0.1) is 0 Å². The number of amides is 1. The Morgan fingerprint density at radius 1 is 1.19 bits per heavy atom. The highest BCUT2D eigenvalue weighted by Crippen LogP contribution is 2.23. The highest BCUT2D eigenvalue weighted by molar-refractivity contribution is 5.94. The summed E-state index contributed by atoms with van der Waals surface area (Å²) in [7, 11) is 0. The first-order valence-electron chi connectivity index (χ1n) is 9.10. The number of imidazole rings is 1. The summed E-state index contributed by atoms with van der Waals surface area (Å²) in [6.07, 6.45) is 0. The van der Waals surface area contributed by atoms with Gasteiger partial charge in [0.1, 0.15) is 5.82 Å². The summed E-state index contributed by atoms with van der Waals surface area (Å²) in [4.78, 5) is 22.3. The van der Waals surface area contributed by atoms with Crippen LogP contribution in [0.25, 0.3) is 22.4 Å². The average molecular weight is 365 g/mol. The van der Waals surface area contributed by atoms with Crippen LogP contribution in [0.5, 0.6) is 0 Å². The molecule has 0 atom stereocenters. The molecule has 1 aliphatic rings. The quantitative estimate of drug-likeness (QED) is 0.642. The van der Waals surface area contributed by atoms with Gasteiger partial charge in [-0.05, 0) is 23.8 Å². The van der Waals surface area contributed by atoms with E-state index in [9.17, 15) is 4.79 Å². The van der Waals surface area contributed by atoms with Crippen LogP contribution in [0.15, 0.2) is 42.5 Å². The Morgan fingerprint density at radius 2 is 1.96 bits per heavy atom. The zero-order valence-corrected chi connectivity index (χ0v) is 15.1. The number of hydrogen-bond acceptors (Lipinski definition) is 5. The van der Waals surface area contributed by atoms with E-state index < -0.39 is 0 Å². The first-order valence-corrected chi connectivity index (χ1v) is 9.10. The number of hydrogen-bond donors (Lipinski definition) is 3. The van der Waals surface area contributed by atoms with Gasteiger partial charge in [0, 0.05) is 30.9 Å². The molecule has 140 valence electrons. The molecular weight excluding hydrogens is 342 g/mol. The number of fused-ring (bicyclic) bond motifs is 1. The number of benzene rings is 2. The lowest BCUT2D eigenvalue weighted by molar-refractivity contribution is -0.118. The largest absolute Gasteiger partial charge is 0.379 e. The molecule has 0 spiro atoms. The van der Waals surface area contributed by atoms with Crippen LogP contribution in [0.1, 0.15) is 5.56 Å². The fourth-order valence-corrected chi connectivity index (χ4v) is 3.19. The predicted octanol–water partition coefficient (Wildman–Crippen LogP) is 1.96.